The molecule has 8 aromatic carbocycles. The monoisotopic (exact) mass is 753 g/mol. The topological polar surface area (TPSA) is 38.7 Å². The summed E-state index contributed by atoms with van der Waals surface area (Å²) in [5, 5.41) is 4.94. The number of pyridine rings is 1. The fourth-order valence-electron chi connectivity index (χ4n) is 9.14. The van der Waals surface area contributed by atoms with E-state index in [4.69, 9.17) is 9.97 Å². The quantitative estimate of drug-likeness (QED) is 0.170. The molecule has 278 valence electrons. The molecule has 0 spiro atoms. The number of hydrogen-bond donors (Lipinski definition) is 0. The first-order chi connectivity index (χ1) is 29.0. The Morgan fingerprint density at radius 3 is 1.73 bits per heavy atom. The Hall–Kier alpha value is -7.49. The van der Waals surface area contributed by atoms with Gasteiger partial charge in [0.2, 0.25) is 0 Å². The number of nitrogens with zero attached hydrogens (tertiary/aromatic N) is 3. The van der Waals surface area contributed by atoms with Crippen LogP contribution in [0.5, 0.6) is 0 Å². The summed E-state index contributed by atoms with van der Waals surface area (Å²) in [7, 11) is 0. The highest BCUT2D eigenvalue weighted by Gasteiger charge is 2.36. The van der Waals surface area contributed by atoms with Crippen molar-refractivity contribution in [2.75, 3.05) is 0 Å². The van der Waals surface area contributed by atoms with Crippen molar-refractivity contribution in [3.63, 3.8) is 0 Å². The maximum Gasteiger partial charge on any atom is 0.160 e. The maximum absolute atomic E-state index is 5.21. The van der Waals surface area contributed by atoms with Gasteiger partial charge in [-0.1, -0.05) is 184 Å². The largest absolute Gasteiger partial charge is 0.264 e. The second kappa shape index (κ2) is 13.9. The number of aromatic nitrogens is 3. The highest BCUT2D eigenvalue weighted by atomic mass is 14.9. The van der Waals surface area contributed by atoms with Crippen molar-refractivity contribution in [1.82, 2.24) is 15.0 Å². The summed E-state index contributed by atoms with van der Waals surface area (Å²) in [6.07, 6.45) is 3.69. The molecule has 2 aromatic heterocycles. The lowest BCUT2D eigenvalue weighted by molar-refractivity contribution is 0.661. The van der Waals surface area contributed by atoms with E-state index in [1.165, 1.54) is 60.7 Å². The van der Waals surface area contributed by atoms with Gasteiger partial charge in [-0.25, -0.2) is 9.97 Å². The fourth-order valence-corrected chi connectivity index (χ4v) is 9.14. The lowest BCUT2D eigenvalue weighted by Gasteiger charge is -2.21. The zero-order valence-corrected chi connectivity index (χ0v) is 32.9. The van der Waals surface area contributed by atoms with Crippen LogP contribution in [0.4, 0.5) is 0 Å². The first kappa shape index (κ1) is 34.7. The lowest BCUT2D eigenvalue weighted by atomic mass is 9.82. The van der Waals surface area contributed by atoms with Crippen LogP contribution in [-0.2, 0) is 5.41 Å². The molecular formula is C56H39N3. The highest BCUT2D eigenvalue weighted by molar-refractivity contribution is 6.05. The molecule has 0 radical (unpaired) electrons. The third-order valence-corrected chi connectivity index (χ3v) is 12.2. The van der Waals surface area contributed by atoms with Crippen molar-refractivity contribution in [2.45, 2.75) is 19.3 Å². The minimum absolute atomic E-state index is 0.0486. The van der Waals surface area contributed by atoms with E-state index in [-0.39, 0.29) is 5.41 Å². The van der Waals surface area contributed by atoms with E-state index in [9.17, 15) is 0 Å². The molecular weight excluding hydrogens is 715 g/mol. The van der Waals surface area contributed by atoms with Gasteiger partial charge in [-0.2, -0.15) is 0 Å². The van der Waals surface area contributed by atoms with Gasteiger partial charge in [0, 0.05) is 34.5 Å². The van der Waals surface area contributed by atoms with Crippen molar-refractivity contribution < 1.29 is 0 Å². The van der Waals surface area contributed by atoms with Crippen LogP contribution in [0.2, 0.25) is 0 Å². The van der Waals surface area contributed by atoms with Gasteiger partial charge in [0.05, 0.1) is 11.4 Å². The number of hydrogen-bond acceptors (Lipinski definition) is 3. The normalized spacial score (nSPS) is 12.7. The minimum Gasteiger partial charge on any atom is -0.264 e. The van der Waals surface area contributed by atoms with Crippen LogP contribution in [0.1, 0.15) is 25.0 Å². The molecule has 3 nitrogen and oxygen atoms in total. The van der Waals surface area contributed by atoms with Crippen molar-refractivity contribution in [3.8, 4) is 78.4 Å². The Bertz CT molecular complexity index is 3200. The van der Waals surface area contributed by atoms with E-state index in [2.05, 4.69) is 183 Å². The summed E-state index contributed by atoms with van der Waals surface area (Å²) in [5.74, 6) is 0.699. The van der Waals surface area contributed by atoms with Gasteiger partial charge in [0.25, 0.3) is 0 Å². The van der Waals surface area contributed by atoms with Gasteiger partial charge in [0.1, 0.15) is 0 Å². The smallest absolute Gasteiger partial charge is 0.160 e. The van der Waals surface area contributed by atoms with Gasteiger partial charge in [-0.05, 0) is 95.4 Å². The molecule has 1 aliphatic rings. The third-order valence-electron chi connectivity index (χ3n) is 12.2. The molecule has 0 saturated carbocycles. The number of benzene rings is 8. The first-order valence-electron chi connectivity index (χ1n) is 20.2. The molecule has 0 fully saturated rings. The molecule has 59 heavy (non-hydrogen) atoms. The van der Waals surface area contributed by atoms with Crippen molar-refractivity contribution in [1.29, 1.82) is 0 Å². The predicted octanol–water partition coefficient (Wildman–Crippen LogP) is 14.5. The summed E-state index contributed by atoms with van der Waals surface area (Å²) >= 11 is 0. The molecule has 0 aliphatic heterocycles. The molecule has 1 aliphatic carbocycles. The predicted molar refractivity (Wildman–Crippen MR) is 245 cm³/mol. The SMILES string of the molecule is CC1(C)c2ccc(-c3ccc(-c4ccc(-c5cc(-c6ccc(-c7cccnc7)cc6)nc(-c6ccccc6)n5)c5ccccc45)cc3)cc2-c2c1ccc1ccccc21. The standard InChI is InChI=1S/C56H39N3/c1-56(2)50-30-27-42(33-49(50)54-45-15-7-6-11-38(45)26-31-51(54)56)36-18-22-39(23-19-36)44-28-29-48(47-17-9-8-16-46(44)47)53-34-52(58-55(59-53)41-12-4-3-5-13-41)40-24-20-37(21-25-40)43-14-10-32-57-35-43/h3-35H,1-2H3. The van der Waals surface area contributed by atoms with Crippen LogP contribution in [0.15, 0.2) is 200 Å². The minimum atomic E-state index is -0.0486. The second-order valence-electron chi connectivity index (χ2n) is 16.0. The molecule has 0 unspecified atom stereocenters. The second-order valence-corrected chi connectivity index (χ2v) is 16.0. The van der Waals surface area contributed by atoms with E-state index in [1.54, 1.807) is 6.20 Å². The van der Waals surface area contributed by atoms with Gasteiger partial charge >= 0.3 is 0 Å². The number of rotatable bonds is 6. The van der Waals surface area contributed by atoms with Crippen molar-refractivity contribution in [3.05, 3.63) is 212 Å². The maximum atomic E-state index is 5.21. The van der Waals surface area contributed by atoms with E-state index >= 15 is 0 Å². The van der Waals surface area contributed by atoms with Crippen LogP contribution < -0.4 is 0 Å². The first-order valence-corrected chi connectivity index (χ1v) is 20.2. The zero-order chi connectivity index (χ0) is 39.5. The molecule has 10 aromatic rings. The molecule has 0 saturated heterocycles. The summed E-state index contributed by atoms with van der Waals surface area (Å²) in [4.78, 5) is 14.6. The molecule has 11 rings (SSSR count). The summed E-state index contributed by atoms with van der Waals surface area (Å²) in [6, 6.07) is 67.6. The van der Waals surface area contributed by atoms with Crippen molar-refractivity contribution >= 4 is 21.5 Å². The average Bonchev–Trinajstić information content (AvgIpc) is 3.54. The molecule has 2 heterocycles. The van der Waals surface area contributed by atoms with E-state index in [1.807, 2.05) is 30.5 Å². The van der Waals surface area contributed by atoms with E-state index in [0.29, 0.717) is 5.82 Å². The summed E-state index contributed by atoms with van der Waals surface area (Å²) < 4.78 is 0. The molecule has 3 heteroatoms. The van der Waals surface area contributed by atoms with Crippen molar-refractivity contribution in [2.24, 2.45) is 0 Å². The molecule has 0 amide bonds. The number of fused-ring (bicyclic) bond motifs is 6. The average molecular weight is 754 g/mol. The fraction of sp³-hybridized carbons (Fsp3) is 0.0536. The Morgan fingerprint density at radius 2 is 0.966 bits per heavy atom. The molecule has 0 N–H and O–H groups in total. The van der Waals surface area contributed by atoms with Gasteiger partial charge < -0.3 is 0 Å². The van der Waals surface area contributed by atoms with Crippen LogP contribution in [0, 0.1) is 0 Å². The summed E-state index contributed by atoms with van der Waals surface area (Å²) in [5.41, 5.74) is 17.3. The van der Waals surface area contributed by atoms with Crippen LogP contribution in [-0.4, -0.2) is 15.0 Å². The Balaban J connectivity index is 0.972. The van der Waals surface area contributed by atoms with Gasteiger partial charge in [0.15, 0.2) is 5.82 Å². The van der Waals surface area contributed by atoms with Crippen LogP contribution >= 0.6 is 0 Å². The third kappa shape index (κ3) is 5.94. The van der Waals surface area contributed by atoms with E-state index < -0.39 is 0 Å². The zero-order valence-electron chi connectivity index (χ0n) is 32.9. The van der Waals surface area contributed by atoms with Gasteiger partial charge in [-0.15, -0.1) is 0 Å². The Kier molecular flexibility index (Phi) is 8.16. The Labute approximate surface area is 344 Å². The Morgan fingerprint density at radius 1 is 0.373 bits per heavy atom. The van der Waals surface area contributed by atoms with E-state index in [0.717, 1.165) is 44.6 Å². The van der Waals surface area contributed by atoms with Crippen LogP contribution in [0.3, 0.4) is 0 Å². The van der Waals surface area contributed by atoms with Gasteiger partial charge in [-0.3, -0.25) is 4.98 Å². The molecule has 0 atom stereocenters. The summed E-state index contributed by atoms with van der Waals surface area (Å²) in [6.45, 7) is 4.71. The lowest BCUT2D eigenvalue weighted by Crippen LogP contribution is -2.14. The highest BCUT2D eigenvalue weighted by Crippen LogP contribution is 2.52. The molecule has 0 bridgehead atoms. The van der Waals surface area contributed by atoms with Crippen LogP contribution in [0.25, 0.3) is 100.0 Å².